The Morgan fingerprint density at radius 1 is 1.14 bits per heavy atom. The maximum Gasteiger partial charge on any atom is 0.179 e. The molecule has 0 heterocycles. The highest BCUT2D eigenvalue weighted by atomic mass is 35.5. The lowest BCUT2D eigenvalue weighted by Crippen LogP contribution is -2.06. The van der Waals surface area contributed by atoms with E-state index in [0.717, 1.165) is 17.1 Å². The summed E-state index contributed by atoms with van der Waals surface area (Å²) in [5.74, 6) is 0.583. The first-order valence-electron chi connectivity index (χ1n) is 6.91. The summed E-state index contributed by atoms with van der Waals surface area (Å²) in [6, 6.07) is 14.8. The number of carbonyl (C=O) groups excluding carboxylic acids is 1. The molecule has 2 aromatic carbocycles. The van der Waals surface area contributed by atoms with E-state index >= 15 is 0 Å². The zero-order chi connectivity index (χ0) is 15.8. The van der Waals surface area contributed by atoms with E-state index in [1.165, 1.54) is 0 Å². The van der Waals surface area contributed by atoms with Crippen LogP contribution >= 0.6 is 11.6 Å². The summed E-state index contributed by atoms with van der Waals surface area (Å²) in [6.07, 6.45) is 0. The molecule has 2 aromatic rings. The molecule has 0 aliphatic carbocycles. The zero-order valence-electron chi connectivity index (χ0n) is 12.3. The molecule has 22 heavy (non-hydrogen) atoms. The Morgan fingerprint density at radius 3 is 2.73 bits per heavy atom. The molecular weight excluding hydrogens is 302 g/mol. The largest absolute Gasteiger partial charge is 0.491 e. The van der Waals surface area contributed by atoms with Crippen LogP contribution in [-0.4, -0.2) is 32.0 Å². The van der Waals surface area contributed by atoms with E-state index in [4.69, 9.17) is 21.1 Å². The van der Waals surface area contributed by atoms with Gasteiger partial charge in [0.2, 0.25) is 0 Å². The van der Waals surface area contributed by atoms with Gasteiger partial charge in [0, 0.05) is 30.1 Å². The Balaban J connectivity index is 2.14. The zero-order valence-corrected chi connectivity index (χ0v) is 13.1. The van der Waals surface area contributed by atoms with E-state index in [1.807, 2.05) is 42.5 Å². The van der Waals surface area contributed by atoms with Gasteiger partial charge in [-0.15, -0.1) is 11.6 Å². The Morgan fingerprint density at radius 2 is 1.95 bits per heavy atom. The summed E-state index contributed by atoms with van der Waals surface area (Å²) >= 11 is 5.65. The molecule has 0 bridgehead atoms. The Hall–Kier alpha value is -2.04. The third kappa shape index (κ3) is 4.48. The van der Waals surface area contributed by atoms with E-state index in [9.17, 15) is 4.79 Å². The summed E-state index contributed by atoms with van der Waals surface area (Å²) in [4.78, 5) is 11.9. The SMILES string of the molecule is COCCOc1cccc(Nc2ccccc2C(=O)CCl)c1. The van der Waals surface area contributed by atoms with Crippen molar-refractivity contribution in [1.82, 2.24) is 0 Å². The van der Waals surface area contributed by atoms with Crippen molar-refractivity contribution in [2.75, 3.05) is 31.5 Å². The number of anilines is 2. The second kappa shape index (κ2) is 8.41. The molecular formula is C17H18ClNO3. The fraction of sp³-hybridized carbons (Fsp3) is 0.235. The van der Waals surface area contributed by atoms with Gasteiger partial charge in [-0.05, 0) is 24.3 Å². The van der Waals surface area contributed by atoms with E-state index in [2.05, 4.69) is 5.32 Å². The molecule has 5 heteroatoms. The van der Waals surface area contributed by atoms with E-state index in [1.54, 1.807) is 13.2 Å². The molecule has 2 rings (SSSR count). The highest BCUT2D eigenvalue weighted by Gasteiger charge is 2.10. The molecule has 0 aliphatic heterocycles. The standard InChI is InChI=1S/C17H18ClNO3/c1-21-9-10-22-14-6-4-5-13(11-14)19-16-8-3-2-7-15(16)17(20)12-18/h2-8,11,19H,9-10,12H2,1H3. The number of halogens is 1. The number of hydrogen-bond acceptors (Lipinski definition) is 4. The lowest BCUT2D eigenvalue weighted by Gasteiger charge is -2.12. The molecule has 0 amide bonds. The van der Waals surface area contributed by atoms with Gasteiger partial charge in [0.05, 0.1) is 12.5 Å². The van der Waals surface area contributed by atoms with Crippen molar-refractivity contribution in [2.24, 2.45) is 0 Å². The van der Waals surface area contributed by atoms with Gasteiger partial charge in [-0.2, -0.15) is 0 Å². The predicted octanol–water partition coefficient (Wildman–Crippen LogP) is 3.88. The van der Waals surface area contributed by atoms with Crippen LogP contribution < -0.4 is 10.1 Å². The Kier molecular flexibility index (Phi) is 6.25. The number of rotatable bonds is 8. The van der Waals surface area contributed by atoms with Crippen molar-refractivity contribution in [3.05, 3.63) is 54.1 Å². The summed E-state index contributed by atoms with van der Waals surface area (Å²) in [5.41, 5.74) is 2.13. The van der Waals surface area contributed by atoms with Crippen LogP contribution in [0.2, 0.25) is 0 Å². The van der Waals surface area contributed by atoms with Crippen molar-refractivity contribution in [2.45, 2.75) is 0 Å². The predicted molar refractivity (Wildman–Crippen MR) is 88.6 cm³/mol. The highest BCUT2D eigenvalue weighted by Crippen LogP contribution is 2.24. The van der Waals surface area contributed by atoms with Gasteiger partial charge in [-0.3, -0.25) is 4.79 Å². The minimum Gasteiger partial charge on any atom is -0.491 e. The van der Waals surface area contributed by atoms with Gasteiger partial charge >= 0.3 is 0 Å². The molecule has 116 valence electrons. The smallest absolute Gasteiger partial charge is 0.179 e. The van der Waals surface area contributed by atoms with Gasteiger partial charge in [0.1, 0.15) is 12.4 Å². The first-order chi connectivity index (χ1) is 10.7. The number of benzene rings is 2. The second-order valence-electron chi connectivity index (χ2n) is 4.60. The van der Waals surface area contributed by atoms with Gasteiger partial charge in [0.25, 0.3) is 0 Å². The minimum atomic E-state index is -0.114. The number of carbonyl (C=O) groups is 1. The third-order valence-corrected chi connectivity index (χ3v) is 3.26. The first kappa shape index (κ1) is 16.3. The number of ether oxygens (including phenoxy) is 2. The van der Waals surface area contributed by atoms with E-state index in [-0.39, 0.29) is 11.7 Å². The summed E-state index contributed by atoms with van der Waals surface area (Å²) in [7, 11) is 1.63. The van der Waals surface area contributed by atoms with Gasteiger partial charge < -0.3 is 14.8 Å². The van der Waals surface area contributed by atoms with Crippen LogP contribution in [0.5, 0.6) is 5.75 Å². The first-order valence-corrected chi connectivity index (χ1v) is 7.45. The maximum absolute atomic E-state index is 11.9. The van der Waals surface area contributed by atoms with Crippen molar-refractivity contribution >= 4 is 28.8 Å². The monoisotopic (exact) mass is 319 g/mol. The van der Waals surface area contributed by atoms with Crippen molar-refractivity contribution in [3.63, 3.8) is 0 Å². The molecule has 0 aromatic heterocycles. The topological polar surface area (TPSA) is 47.6 Å². The van der Waals surface area contributed by atoms with Crippen LogP contribution in [0, 0.1) is 0 Å². The Labute approximate surface area is 135 Å². The maximum atomic E-state index is 11.9. The molecule has 0 spiro atoms. The molecule has 0 fully saturated rings. The van der Waals surface area contributed by atoms with Crippen LogP contribution in [0.25, 0.3) is 0 Å². The molecule has 0 unspecified atom stereocenters. The van der Waals surface area contributed by atoms with Crippen molar-refractivity contribution < 1.29 is 14.3 Å². The molecule has 1 N–H and O–H groups in total. The number of ketones is 1. The van der Waals surface area contributed by atoms with Crippen LogP contribution in [0.4, 0.5) is 11.4 Å². The average Bonchev–Trinajstić information content (AvgIpc) is 2.55. The normalized spacial score (nSPS) is 10.3. The molecule has 0 radical (unpaired) electrons. The fourth-order valence-corrected chi connectivity index (χ4v) is 2.11. The second-order valence-corrected chi connectivity index (χ2v) is 4.86. The molecule has 0 atom stereocenters. The van der Waals surface area contributed by atoms with Gasteiger partial charge in [-0.25, -0.2) is 0 Å². The lowest BCUT2D eigenvalue weighted by atomic mass is 10.1. The number of nitrogens with one attached hydrogen (secondary N) is 1. The summed E-state index contributed by atoms with van der Waals surface area (Å²) in [6.45, 7) is 1.02. The number of para-hydroxylation sites is 1. The molecule has 0 saturated carbocycles. The van der Waals surface area contributed by atoms with Crippen molar-refractivity contribution in [1.29, 1.82) is 0 Å². The van der Waals surface area contributed by atoms with Crippen molar-refractivity contribution in [3.8, 4) is 5.75 Å². The van der Waals surface area contributed by atoms with E-state index in [0.29, 0.717) is 18.8 Å². The van der Waals surface area contributed by atoms with E-state index < -0.39 is 0 Å². The van der Waals surface area contributed by atoms with Crippen LogP contribution in [0.3, 0.4) is 0 Å². The van der Waals surface area contributed by atoms with Crippen LogP contribution in [0.15, 0.2) is 48.5 Å². The lowest BCUT2D eigenvalue weighted by molar-refractivity contribution is 0.102. The van der Waals surface area contributed by atoms with Crippen LogP contribution in [0.1, 0.15) is 10.4 Å². The Bertz CT molecular complexity index is 631. The number of hydrogen-bond donors (Lipinski definition) is 1. The fourth-order valence-electron chi connectivity index (χ4n) is 1.97. The number of alkyl halides is 1. The molecule has 0 aliphatic rings. The molecule has 0 saturated heterocycles. The van der Waals surface area contributed by atoms with Gasteiger partial charge in [-0.1, -0.05) is 18.2 Å². The highest BCUT2D eigenvalue weighted by molar-refractivity contribution is 6.31. The quantitative estimate of drug-likeness (QED) is 0.456. The summed E-state index contributed by atoms with van der Waals surface area (Å²) in [5, 5.41) is 3.23. The van der Waals surface area contributed by atoms with Crippen LogP contribution in [-0.2, 0) is 4.74 Å². The molecule has 4 nitrogen and oxygen atoms in total. The average molecular weight is 320 g/mol. The minimum absolute atomic E-state index is 0.0428. The third-order valence-electron chi connectivity index (χ3n) is 3.02. The number of Topliss-reactive ketones (excluding diaryl/α,β-unsaturated/α-hetero) is 1. The van der Waals surface area contributed by atoms with Gasteiger partial charge in [0.15, 0.2) is 5.78 Å². The summed E-state index contributed by atoms with van der Waals surface area (Å²) < 4.78 is 10.5. The number of methoxy groups -OCH3 is 1.